The highest BCUT2D eigenvalue weighted by molar-refractivity contribution is 5.94. The lowest BCUT2D eigenvalue weighted by Crippen LogP contribution is -2.33. The summed E-state index contributed by atoms with van der Waals surface area (Å²) in [6.45, 7) is 2.03. The Balaban J connectivity index is 2.60. The Kier molecular flexibility index (Phi) is 4.36. The van der Waals surface area contributed by atoms with E-state index in [1.807, 2.05) is 6.92 Å². The number of amides is 1. The predicted octanol–water partition coefficient (Wildman–Crippen LogP) is 1.61. The largest absolute Gasteiger partial charge is 0.338 e. The number of hydrogen-bond acceptors (Lipinski definition) is 2. The highest BCUT2D eigenvalue weighted by Crippen LogP contribution is 2.00. The van der Waals surface area contributed by atoms with Crippen LogP contribution in [0.1, 0.15) is 30.1 Å². The monoisotopic (exact) mass is 202 g/mol. The van der Waals surface area contributed by atoms with E-state index in [0.717, 1.165) is 12.8 Å². The maximum atomic E-state index is 11.7. The molecule has 15 heavy (non-hydrogen) atoms. The molecule has 1 atom stereocenters. The summed E-state index contributed by atoms with van der Waals surface area (Å²) in [5.74, 6) is 2.41. The van der Waals surface area contributed by atoms with Crippen molar-refractivity contribution in [2.45, 2.75) is 25.8 Å². The lowest BCUT2D eigenvalue weighted by atomic mass is 10.1. The molecule has 0 aliphatic carbocycles. The zero-order valence-electron chi connectivity index (χ0n) is 8.73. The maximum absolute atomic E-state index is 11.7. The molecule has 0 fully saturated rings. The van der Waals surface area contributed by atoms with Crippen molar-refractivity contribution >= 4 is 5.91 Å². The Bertz CT molecular complexity index is 354. The first-order valence-corrected chi connectivity index (χ1v) is 4.95. The molecule has 0 aromatic carbocycles. The molecule has 1 amide bonds. The van der Waals surface area contributed by atoms with Crippen LogP contribution < -0.4 is 5.32 Å². The number of carbonyl (C=O) groups excluding carboxylic acids is 1. The number of rotatable bonds is 4. The summed E-state index contributed by atoms with van der Waals surface area (Å²) in [4.78, 5) is 15.5. The minimum Gasteiger partial charge on any atom is -0.338 e. The number of nitrogens with one attached hydrogen (secondary N) is 1. The van der Waals surface area contributed by atoms with Gasteiger partial charge in [-0.25, -0.2) is 0 Å². The Labute approximate surface area is 89.9 Å². The summed E-state index contributed by atoms with van der Waals surface area (Å²) in [6.07, 6.45) is 10.2. The summed E-state index contributed by atoms with van der Waals surface area (Å²) < 4.78 is 0. The van der Waals surface area contributed by atoms with E-state index in [0.29, 0.717) is 5.56 Å². The average Bonchev–Trinajstić information content (AvgIpc) is 2.29. The first-order chi connectivity index (χ1) is 7.27. The lowest BCUT2D eigenvalue weighted by Gasteiger charge is -2.11. The Morgan fingerprint density at radius 1 is 1.60 bits per heavy atom. The van der Waals surface area contributed by atoms with Crippen molar-refractivity contribution in [1.29, 1.82) is 0 Å². The van der Waals surface area contributed by atoms with Crippen molar-refractivity contribution in [1.82, 2.24) is 10.3 Å². The van der Waals surface area contributed by atoms with Crippen LogP contribution in [-0.2, 0) is 0 Å². The number of aromatic nitrogens is 1. The first kappa shape index (κ1) is 11.3. The summed E-state index contributed by atoms with van der Waals surface area (Å²) in [5, 5.41) is 2.78. The molecule has 0 spiro atoms. The highest BCUT2D eigenvalue weighted by atomic mass is 16.1. The van der Waals surface area contributed by atoms with Crippen LogP contribution in [0.3, 0.4) is 0 Å². The molecule has 3 nitrogen and oxygen atoms in total. The van der Waals surface area contributed by atoms with Gasteiger partial charge in [0, 0.05) is 18.0 Å². The number of nitrogens with zero attached hydrogens (tertiary/aromatic N) is 1. The third-order valence-corrected chi connectivity index (χ3v) is 2.03. The second-order valence-electron chi connectivity index (χ2n) is 3.22. The zero-order valence-corrected chi connectivity index (χ0v) is 8.73. The molecule has 0 bridgehead atoms. The van der Waals surface area contributed by atoms with Gasteiger partial charge in [-0.3, -0.25) is 9.78 Å². The van der Waals surface area contributed by atoms with E-state index in [1.165, 1.54) is 0 Å². The number of terminal acetylenes is 1. The second-order valence-corrected chi connectivity index (χ2v) is 3.22. The van der Waals surface area contributed by atoms with E-state index in [-0.39, 0.29) is 11.9 Å². The third kappa shape index (κ3) is 3.43. The first-order valence-electron chi connectivity index (χ1n) is 4.95. The summed E-state index contributed by atoms with van der Waals surface area (Å²) in [7, 11) is 0. The molecule has 0 saturated carbocycles. The second kappa shape index (κ2) is 5.82. The number of pyridine rings is 1. The van der Waals surface area contributed by atoms with Crippen LogP contribution in [0.15, 0.2) is 24.5 Å². The van der Waals surface area contributed by atoms with Crippen molar-refractivity contribution in [3.8, 4) is 12.3 Å². The molecular weight excluding hydrogens is 188 g/mol. The van der Waals surface area contributed by atoms with Crippen molar-refractivity contribution in [3.05, 3.63) is 30.1 Å². The fourth-order valence-corrected chi connectivity index (χ4v) is 1.23. The molecule has 1 aromatic rings. The van der Waals surface area contributed by atoms with Crippen LogP contribution in [0.2, 0.25) is 0 Å². The molecule has 0 radical (unpaired) electrons. The van der Waals surface area contributed by atoms with Crippen molar-refractivity contribution < 1.29 is 4.79 Å². The van der Waals surface area contributed by atoms with Crippen molar-refractivity contribution in [2.24, 2.45) is 0 Å². The molecule has 1 heterocycles. The van der Waals surface area contributed by atoms with Gasteiger partial charge in [0.1, 0.15) is 0 Å². The maximum Gasteiger partial charge on any atom is 0.252 e. The van der Waals surface area contributed by atoms with Crippen LogP contribution in [0.25, 0.3) is 0 Å². The predicted molar refractivity (Wildman–Crippen MR) is 59.2 cm³/mol. The van der Waals surface area contributed by atoms with Crippen molar-refractivity contribution in [3.63, 3.8) is 0 Å². The van der Waals surface area contributed by atoms with Crippen LogP contribution in [0, 0.1) is 12.3 Å². The molecule has 1 rings (SSSR count). The smallest absolute Gasteiger partial charge is 0.252 e. The highest BCUT2D eigenvalue weighted by Gasteiger charge is 2.09. The fraction of sp³-hybridized carbons (Fsp3) is 0.333. The van der Waals surface area contributed by atoms with Gasteiger partial charge < -0.3 is 5.32 Å². The van der Waals surface area contributed by atoms with Gasteiger partial charge in [0.25, 0.3) is 5.91 Å². The lowest BCUT2D eigenvalue weighted by molar-refractivity contribution is 0.0944. The molecule has 0 aliphatic heterocycles. The molecule has 1 aromatic heterocycles. The molecule has 1 unspecified atom stereocenters. The van der Waals surface area contributed by atoms with Gasteiger partial charge in [-0.2, -0.15) is 0 Å². The topological polar surface area (TPSA) is 42.0 Å². The molecular formula is C12H14N2O. The van der Waals surface area contributed by atoms with E-state index in [9.17, 15) is 4.79 Å². The number of hydrogen-bond donors (Lipinski definition) is 1. The van der Waals surface area contributed by atoms with Gasteiger partial charge in [0.2, 0.25) is 0 Å². The molecule has 3 heteroatoms. The van der Waals surface area contributed by atoms with E-state index in [1.54, 1.807) is 24.5 Å². The Morgan fingerprint density at radius 2 is 2.27 bits per heavy atom. The molecule has 0 aliphatic rings. The number of carbonyl (C=O) groups is 1. The Hall–Kier alpha value is -1.82. The standard InChI is InChI=1S/C12H14N2O/c1-3-5-11(4-2)14-12(15)10-6-8-13-9-7-10/h2,6-9,11H,3,5H2,1H3,(H,14,15). The van der Waals surface area contributed by atoms with Gasteiger partial charge in [0.15, 0.2) is 0 Å². The summed E-state index contributed by atoms with van der Waals surface area (Å²) in [5.41, 5.74) is 0.585. The van der Waals surface area contributed by atoms with E-state index < -0.39 is 0 Å². The molecule has 0 saturated heterocycles. The van der Waals surface area contributed by atoms with E-state index >= 15 is 0 Å². The summed E-state index contributed by atoms with van der Waals surface area (Å²) >= 11 is 0. The van der Waals surface area contributed by atoms with Gasteiger partial charge >= 0.3 is 0 Å². The van der Waals surface area contributed by atoms with E-state index in [2.05, 4.69) is 16.2 Å². The van der Waals surface area contributed by atoms with Crippen LogP contribution in [0.4, 0.5) is 0 Å². The Morgan fingerprint density at radius 3 is 2.80 bits per heavy atom. The van der Waals surface area contributed by atoms with Crippen LogP contribution >= 0.6 is 0 Å². The molecule has 1 N–H and O–H groups in total. The average molecular weight is 202 g/mol. The van der Waals surface area contributed by atoms with Crippen molar-refractivity contribution in [2.75, 3.05) is 0 Å². The minimum atomic E-state index is -0.185. The van der Waals surface area contributed by atoms with E-state index in [4.69, 9.17) is 6.42 Å². The summed E-state index contributed by atoms with van der Waals surface area (Å²) in [6, 6.07) is 3.14. The SMILES string of the molecule is C#CC(CCC)NC(=O)c1ccncc1. The molecule has 78 valence electrons. The van der Waals surface area contributed by atoms with Gasteiger partial charge in [-0.15, -0.1) is 6.42 Å². The fourth-order valence-electron chi connectivity index (χ4n) is 1.23. The zero-order chi connectivity index (χ0) is 11.1. The van der Waals surface area contributed by atoms with Gasteiger partial charge in [-0.1, -0.05) is 19.3 Å². The minimum absolute atomic E-state index is 0.145. The quantitative estimate of drug-likeness (QED) is 0.754. The third-order valence-electron chi connectivity index (χ3n) is 2.03. The van der Waals surface area contributed by atoms with Gasteiger partial charge in [0.05, 0.1) is 6.04 Å². The van der Waals surface area contributed by atoms with Crippen LogP contribution in [0.5, 0.6) is 0 Å². The van der Waals surface area contributed by atoms with Crippen LogP contribution in [-0.4, -0.2) is 16.9 Å². The van der Waals surface area contributed by atoms with Gasteiger partial charge in [-0.05, 0) is 18.6 Å². The normalized spacial score (nSPS) is 11.5.